The lowest BCUT2D eigenvalue weighted by atomic mass is 10.1. The van der Waals surface area contributed by atoms with Crippen molar-refractivity contribution in [3.63, 3.8) is 0 Å². The van der Waals surface area contributed by atoms with Gasteiger partial charge in [0.25, 0.3) is 0 Å². The fraction of sp³-hybridized carbons (Fsp3) is 0.250. The summed E-state index contributed by atoms with van der Waals surface area (Å²) in [7, 11) is -0.422. The van der Waals surface area contributed by atoms with Crippen molar-refractivity contribution in [3.05, 3.63) is 47.8 Å². The SMILES string of the molecule is CN(C)S(=O)(=O)c1ccc(-c2cccc(-c3csc(NC4=NCCCN4)n3)n2)cc1. The number of guanidine groups is 1. The molecule has 1 aliphatic heterocycles. The molecule has 4 rings (SSSR count). The Morgan fingerprint density at radius 3 is 2.50 bits per heavy atom. The second-order valence-electron chi connectivity index (χ2n) is 6.89. The van der Waals surface area contributed by atoms with Crippen LogP contribution in [-0.4, -0.2) is 55.8 Å². The molecular weight excluding hydrogens is 420 g/mol. The molecule has 8 nitrogen and oxygen atoms in total. The molecule has 0 saturated carbocycles. The molecule has 10 heteroatoms. The van der Waals surface area contributed by atoms with Crippen LogP contribution < -0.4 is 10.6 Å². The van der Waals surface area contributed by atoms with Crippen LogP contribution in [0.25, 0.3) is 22.6 Å². The number of aromatic nitrogens is 2. The van der Waals surface area contributed by atoms with Gasteiger partial charge in [-0.25, -0.2) is 22.7 Å². The molecule has 0 saturated heterocycles. The molecule has 3 heterocycles. The number of hydrogen-bond acceptors (Lipinski definition) is 8. The monoisotopic (exact) mass is 442 g/mol. The van der Waals surface area contributed by atoms with Gasteiger partial charge in [-0.3, -0.25) is 4.99 Å². The van der Waals surface area contributed by atoms with E-state index in [-0.39, 0.29) is 4.90 Å². The zero-order chi connectivity index (χ0) is 21.1. The van der Waals surface area contributed by atoms with Crippen molar-refractivity contribution in [1.82, 2.24) is 19.6 Å². The van der Waals surface area contributed by atoms with Gasteiger partial charge in [0.1, 0.15) is 5.69 Å². The first-order valence-electron chi connectivity index (χ1n) is 9.45. The minimum atomic E-state index is -3.45. The molecule has 156 valence electrons. The molecule has 0 amide bonds. The minimum absolute atomic E-state index is 0.252. The summed E-state index contributed by atoms with van der Waals surface area (Å²) < 4.78 is 25.7. The summed E-state index contributed by atoms with van der Waals surface area (Å²) in [5.74, 6) is 0.747. The molecule has 2 aromatic heterocycles. The molecule has 0 spiro atoms. The Hall–Kier alpha value is -2.82. The first kappa shape index (κ1) is 20.5. The van der Waals surface area contributed by atoms with Gasteiger partial charge in [0, 0.05) is 38.1 Å². The highest BCUT2D eigenvalue weighted by molar-refractivity contribution is 7.89. The maximum Gasteiger partial charge on any atom is 0.242 e. The highest BCUT2D eigenvalue weighted by atomic mass is 32.2. The van der Waals surface area contributed by atoms with Crippen molar-refractivity contribution < 1.29 is 8.42 Å². The van der Waals surface area contributed by atoms with E-state index >= 15 is 0 Å². The van der Waals surface area contributed by atoms with Crippen LogP contribution in [0.5, 0.6) is 0 Å². The molecule has 0 bridgehead atoms. The zero-order valence-electron chi connectivity index (χ0n) is 16.7. The van der Waals surface area contributed by atoms with Crippen LogP contribution in [0.2, 0.25) is 0 Å². The molecule has 0 radical (unpaired) electrons. The van der Waals surface area contributed by atoms with Crippen LogP contribution in [-0.2, 0) is 10.0 Å². The lowest BCUT2D eigenvalue weighted by Crippen LogP contribution is -2.35. The largest absolute Gasteiger partial charge is 0.356 e. The standard InChI is InChI=1S/C20H22N6O2S2/c1-26(2)30(27,28)15-9-7-14(8-10-15)16-5-3-6-17(23-16)18-13-29-20(24-18)25-19-21-11-4-12-22-19/h3,5-10,13H,4,11-12H2,1-2H3,(H2,21,22,24,25). The molecule has 0 unspecified atom stereocenters. The van der Waals surface area contributed by atoms with Gasteiger partial charge in [-0.05, 0) is 30.7 Å². The van der Waals surface area contributed by atoms with Crippen LogP contribution in [0.15, 0.2) is 57.7 Å². The predicted octanol–water partition coefficient (Wildman–Crippen LogP) is 2.88. The predicted molar refractivity (Wildman–Crippen MR) is 120 cm³/mol. The molecule has 3 aromatic rings. The Morgan fingerprint density at radius 2 is 1.80 bits per heavy atom. The Morgan fingerprint density at radius 1 is 1.03 bits per heavy atom. The van der Waals surface area contributed by atoms with Gasteiger partial charge in [0.15, 0.2) is 11.1 Å². The quantitative estimate of drug-likeness (QED) is 0.630. The third kappa shape index (κ3) is 4.35. The fourth-order valence-electron chi connectivity index (χ4n) is 2.91. The van der Waals surface area contributed by atoms with Crippen molar-refractivity contribution in [2.75, 3.05) is 32.5 Å². The van der Waals surface area contributed by atoms with Gasteiger partial charge in [-0.1, -0.05) is 18.2 Å². The van der Waals surface area contributed by atoms with Crippen molar-refractivity contribution in [1.29, 1.82) is 0 Å². The number of thiazole rings is 1. The van der Waals surface area contributed by atoms with Crippen molar-refractivity contribution in [3.8, 4) is 22.6 Å². The van der Waals surface area contributed by atoms with E-state index in [9.17, 15) is 8.42 Å². The summed E-state index contributed by atoms with van der Waals surface area (Å²) in [6, 6.07) is 12.5. The number of hydrogen-bond donors (Lipinski definition) is 2. The van der Waals surface area contributed by atoms with Gasteiger partial charge in [0.05, 0.1) is 16.3 Å². The normalized spacial score (nSPS) is 14.3. The topological polar surface area (TPSA) is 99.6 Å². The van der Waals surface area contributed by atoms with Crippen LogP contribution in [0.4, 0.5) is 5.13 Å². The second kappa shape index (κ2) is 8.50. The molecule has 1 aliphatic rings. The van der Waals surface area contributed by atoms with E-state index in [2.05, 4.69) is 20.6 Å². The van der Waals surface area contributed by atoms with Gasteiger partial charge >= 0.3 is 0 Å². The van der Waals surface area contributed by atoms with Crippen molar-refractivity contribution >= 4 is 32.5 Å². The Bertz CT molecular complexity index is 1170. The first-order chi connectivity index (χ1) is 14.4. The Balaban J connectivity index is 1.55. The molecule has 1 aromatic carbocycles. The first-order valence-corrected chi connectivity index (χ1v) is 11.8. The summed E-state index contributed by atoms with van der Waals surface area (Å²) in [6.07, 6.45) is 1.03. The van der Waals surface area contributed by atoms with Crippen LogP contribution in [0.3, 0.4) is 0 Å². The van der Waals surface area contributed by atoms with Gasteiger partial charge in [-0.15, -0.1) is 11.3 Å². The number of sulfonamides is 1. The number of nitrogens with zero attached hydrogens (tertiary/aromatic N) is 4. The van der Waals surface area contributed by atoms with Crippen LogP contribution in [0, 0.1) is 0 Å². The van der Waals surface area contributed by atoms with E-state index in [1.165, 1.54) is 29.7 Å². The smallest absolute Gasteiger partial charge is 0.242 e. The number of benzene rings is 1. The van der Waals surface area contributed by atoms with Crippen LogP contribution >= 0.6 is 11.3 Å². The van der Waals surface area contributed by atoms with E-state index < -0.39 is 10.0 Å². The molecule has 0 fully saturated rings. The lowest BCUT2D eigenvalue weighted by molar-refractivity contribution is 0.521. The number of rotatable bonds is 5. The third-order valence-electron chi connectivity index (χ3n) is 4.57. The van der Waals surface area contributed by atoms with Crippen LogP contribution in [0.1, 0.15) is 6.42 Å². The van der Waals surface area contributed by atoms with E-state index in [4.69, 9.17) is 4.98 Å². The maximum atomic E-state index is 12.2. The summed E-state index contributed by atoms with van der Waals surface area (Å²) in [6.45, 7) is 1.72. The van der Waals surface area contributed by atoms with E-state index in [0.29, 0.717) is 0 Å². The molecule has 0 aliphatic carbocycles. The summed E-state index contributed by atoms with van der Waals surface area (Å²) >= 11 is 1.49. The van der Waals surface area contributed by atoms with E-state index in [1.54, 1.807) is 24.3 Å². The maximum absolute atomic E-state index is 12.2. The number of pyridine rings is 1. The summed E-state index contributed by atoms with van der Waals surface area (Å²) in [4.78, 5) is 14.0. The zero-order valence-corrected chi connectivity index (χ0v) is 18.3. The number of aliphatic imine (C=N–C) groups is 1. The van der Waals surface area contributed by atoms with Crippen molar-refractivity contribution in [2.45, 2.75) is 11.3 Å². The number of anilines is 1. The highest BCUT2D eigenvalue weighted by Crippen LogP contribution is 2.27. The fourth-order valence-corrected chi connectivity index (χ4v) is 4.52. The Labute approximate surface area is 179 Å². The Kier molecular flexibility index (Phi) is 5.80. The average Bonchev–Trinajstić information content (AvgIpc) is 3.23. The highest BCUT2D eigenvalue weighted by Gasteiger charge is 2.17. The summed E-state index contributed by atoms with van der Waals surface area (Å²) in [5.41, 5.74) is 3.11. The molecule has 30 heavy (non-hydrogen) atoms. The van der Waals surface area contributed by atoms with Gasteiger partial charge in [-0.2, -0.15) is 0 Å². The third-order valence-corrected chi connectivity index (χ3v) is 7.15. The lowest BCUT2D eigenvalue weighted by Gasteiger charge is -2.14. The molecular formula is C20H22N6O2S2. The molecule has 0 atom stereocenters. The van der Waals surface area contributed by atoms with E-state index in [0.717, 1.165) is 53.2 Å². The molecule has 2 N–H and O–H groups in total. The second-order valence-corrected chi connectivity index (χ2v) is 9.90. The summed E-state index contributed by atoms with van der Waals surface area (Å²) in [5, 5.41) is 9.12. The minimum Gasteiger partial charge on any atom is -0.356 e. The number of nitrogens with one attached hydrogen (secondary N) is 2. The average molecular weight is 443 g/mol. The van der Waals surface area contributed by atoms with Gasteiger partial charge < -0.3 is 10.6 Å². The van der Waals surface area contributed by atoms with E-state index in [1.807, 2.05) is 23.6 Å². The van der Waals surface area contributed by atoms with Gasteiger partial charge in [0.2, 0.25) is 10.0 Å². The van der Waals surface area contributed by atoms with Crippen molar-refractivity contribution in [2.24, 2.45) is 4.99 Å².